The second kappa shape index (κ2) is 6.96. The number of carbonyl (C=O) groups excluding carboxylic acids is 1. The van der Waals surface area contributed by atoms with E-state index >= 15 is 0 Å². The quantitative estimate of drug-likeness (QED) is 0.583. The van der Waals surface area contributed by atoms with Gasteiger partial charge in [0, 0.05) is 6.20 Å². The zero-order chi connectivity index (χ0) is 18.8. The molecule has 0 bridgehead atoms. The topological polar surface area (TPSA) is 103 Å². The Balaban J connectivity index is 1.56. The zero-order valence-corrected chi connectivity index (χ0v) is 14.9. The predicted molar refractivity (Wildman–Crippen MR) is 98.2 cm³/mol. The summed E-state index contributed by atoms with van der Waals surface area (Å²) in [7, 11) is 0. The molecule has 1 amide bonds. The van der Waals surface area contributed by atoms with Crippen molar-refractivity contribution in [1.82, 2.24) is 34.7 Å². The molecule has 1 N–H and O–H groups in total. The first kappa shape index (κ1) is 16.9. The zero-order valence-electron chi connectivity index (χ0n) is 14.1. The summed E-state index contributed by atoms with van der Waals surface area (Å²) in [6, 6.07) is 7.07. The SMILES string of the molecule is Cc1c(C(=O)Nc2cnc(-n3nccn3)c(Cl)c2)cnn1-c1ccccn1. The fourth-order valence-electron chi connectivity index (χ4n) is 2.51. The molecule has 134 valence electrons. The van der Waals surface area contributed by atoms with E-state index in [1.54, 1.807) is 23.9 Å². The monoisotopic (exact) mass is 380 g/mol. The number of halogens is 1. The number of carbonyl (C=O) groups is 1. The molecule has 4 rings (SSSR count). The molecule has 4 aromatic heterocycles. The summed E-state index contributed by atoms with van der Waals surface area (Å²) >= 11 is 6.23. The van der Waals surface area contributed by atoms with Crippen LogP contribution in [0.2, 0.25) is 5.02 Å². The smallest absolute Gasteiger partial charge is 0.259 e. The minimum Gasteiger partial charge on any atom is -0.320 e. The van der Waals surface area contributed by atoms with Crippen molar-refractivity contribution in [3.8, 4) is 11.6 Å². The van der Waals surface area contributed by atoms with Crippen molar-refractivity contribution >= 4 is 23.2 Å². The van der Waals surface area contributed by atoms with Gasteiger partial charge in [-0.05, 0) is 25.1 Å². The highest BCUT2D eigenvalue weighted by Crippen LogP contribution is 2.21. The third-order valence-electron chi connectivity index (χ3n) is 3.81. The third-order valence-corrected chi connectivity index (χ3v) is 4.09. The molecule has 0 atom stereocenters. The molecule has 0 saturated heterocycles. The van der Waals surface area contributed by atoms with Gasteiger partial charge in [-0.2, -0.15) is 15.3 Å². The maximum absolute atomic E-state index is 12.6. The Kier molecular flexibility index (Phi) is 4.35. The largest absolute Gasteiger partial charge is 0.320 e. The van der Waals surface area contributed by atoms with E-state index in [4.69, 9.17) is 11.6 Å². The number of hydrogen-bond donors (Lipinski definition) is 1. The molecule has 9 nitrogen and oxygen atoms in total. The van der Waals surface area contributed by atoms with E-state index in [1.807, 2.05) is 18.2 Å². The van der Waals surface area contributed by atoms with Gasteiger partial charge in [0.1, 0.15) is 0 Å². The van der Waals surface area contributed by atoms with Crippen LogP contribution in [-0.4, -0.2) is 40.6 Å². The predicted octanol–water partition coefficient (Wildman–Crippen LogP) is 2.46. The summed E-state index contributed by atoms with van der Waals surface area (Å²) in [5, 5.41) is 15.3. The number of hydrogen-bond acceptors (Lipinski definition) is 6. The number of rotatable bonds is 4. The third kappa shape index (κ3) is 3.27. The van der Waals surface area contributed by atoms with E-state index < -0.39 is 0 Å². The van der Waals surface area contributed by atoms with Gasteiger partial charge in [-0.1, -0.05) is 17.7 Å². The minimum absolute atomic E-state index is 0.310. The Morgan fingerprint density at radius 3 is 2.59 bits per heavy atom. The highest BCUT2D eigenvalue weighted by Gasteiger charge is 2.17. The molecule has 27 heavy (non-hydrogen) atoms. The van der Waals surface area contributed by atoms with Crippen LogP contribution in [0.1, 0.15) is 16.1 Å². The highest BCUT2D eigenvalue weighted by molar-refractivity contribution is 6.32. The van der Waals surface area contributed by atoms with Crippen LogP contribution in [0.3, 0.4) is 0 Å². The molecule has 0 radical (unpaired) electrons. The van der Waals surface area contributed by atoms with Gasteiger partial charge in [-0.15, -0.1) is 4.80 Å². The van der Waals surface area contributed by atoms with Gasteiger partial charge in [-0.3, -0.25) is 4.79 Å². The van der Waals surface area contributed by atoms with Gasteiger partial charge >= 0.3 is 0 Å². The van der Waals surface area contributed by atoms with E-state index in [2.05, 4.69) is 30.6 Å². The highest BCUT2D eigenvalue weighted by atomic mass is 35.5. The average Bonchev–Trinajstić information content (AvgIpc) is 3.32. The van der Waals surface area contributed by atoms with Crippen molar-refractivity contribution in [2.45, 2.75) is 6.92 Å². The van der Waals surface area contributed by atoms with Crippen LogP contribution in [0.5, 0.6) is 0 Å². The lowest BCUT2D eigenvalue weighted by Gasteiger charge is -2.08. The van der Waals surface area contributed by atoms with Crippen molar-refractivity contribution < 1.29 is 4.79 Å². The number of pyridine rings is 2. The Morgan fingerprint density at radius 2 is 1.89 bits per heavy atom. The van der Waals surface area contributed by atoms with Crippen molar-refractivity contribution in [2.75, 3.05) is 5.32 Å². The van der Waals surface area contributed by atoms with Crippen LogP contribution >= 0.6 is 11.6 Å². The number of amides is 1. The van der Waals surface area contributed by atoms with Crippen LogP contribution in [0.15, 0.2) is 55.2 Å². The van der Waals surface area contributed by atoms with E-state index in [-0.39, 0.29) is 5.91 Å². The molecule has 0 aliphatic rings. The van der Waals surface area contributed by atoms with Crippen molar-refractivity contribution in [3.63, 3.8) is 0 Å². The van der Waals surface area contributed by atoms with Gasteiger partial charge in [0.05, 0.1) is 46.8 Å². The molecule has 10 heteroatoms. The minimum atomic E-state index is -0.322. The Morgan fingerprint density at radius 1 is 1.07 bits per heavy atom. The van der Waals surface area contributed by atoms with Gasteiger partial charge in [0.25, 0.3) is 5.91 Å². The van der Waals surface area contributed by atoms with E-state index in [0.29, 0.717) is 33.6 Å². The number of nitrogens with one attached hydrogen (secondary N) is 1. The molecule has 0 fully saturated rings. The van der Waals surface area contributed by atoms with Crippen LogP contribution in [0.25, 0.3) is 11.6 Å². The first-order chi connectivity index (χ1) is 13.1. The van der Waals surface area contributed by atoms with Crippen LogP contribution < -0.4 is 5.32 Å². The van der Waals surface area contributed by atoms with Crippen LogP contribution in [0.4, 0.5) is 5.69 Å². The Bertz CT molecular complexity index is 1090. The molecule has 4 heterocycles. The number of anilines is 1. The van der Waals surface area contributed by atoms with Crippen molar-refractivity contribution in [1.29, 1.82) is 0 Å². The molecular weight excluding hydrogens is 368 g/mol. The molecular formula is C17H13ClN8O. The maximum Gasteiger partial charge on any atom is 0.259 e. The second-order valence-corrected chi connectivity index (χ2v) is 5.95. The summed E-state index contributed by atoms with van der Waals surface area (Å²) < 4.78 is 1.60. The van der Waals surface area contributed by atoms with Crippen molar-refractivity contribution in [3.05, 3.63) is 71.5 Å². The lowest BCUT2D eigenvalue weighted by atomic mass is 10.2. The fraction of sp³-hybridized carbons (Fsp3) is 0.0588. The lowest BCUT2D eigenvalue weighted by Crippen LogP contribution is -2.14. The molecule has 0 aromatic carbocycles. The first-order valence-electron chi connectivity index (χ1n) is 7.93. The standard InChI is InChI=1S/C17H13ClN8O/c1-11-13(10-23-25(11)15-4-2-3-5-19-15)17(27)24-12-8-14(18)16(20-9-12)26-21-6-7-22-26/h2-10H,1H3,(H,24,27). The molecule has 0 spiro atoms. The molecule has 0 unspecified atom stereocenters. The number of aromatic nitrogens is 7. The molecule has 0 aliphatic heterocycles. The summed E-state index contributed by atoms with van der Waals surface area (Å²) in [5.74, 6) is 0.686. The maximum atomic E-state index is 12.6. The summed E-state index contributed by atoms with van der Waals surface area (Å²) in [4.78, 5) is 22.4. The fourth-order valence-corrected chi connectivity index (χ4v) is 2.75. The summed E-state index contributed by atoms with van der Waals surface area (Å²) in [6.07, 6.45) is 7.70. The van der Waals surface area contributed by atoms with E-state index in [9.17, 15) is 4.79 Å². The van der Waals surface area contributed by atoms with E-state index in [0.717, 1.165) is 0 Å². The second-order valence-electron chi connectivity index (χ2n) is 5.55. The lowest BCUT2D eigenvalue weighted by molar-refractivity contribution is 0.102. The summed E-state index contributed by atoms with van der Waals surface area (Å²) in [5.41, 5.74) is 1.54. The van der Waals surface area contributed by atoms with Gasteiger partial charge < -0.3 is 5.32 Å². The molecule has 0 aliphatic carbocycles. The number of nitrogens with zero attached hydrogens (tertiary/aromatic N) is 7. The van der Waals surface area contributed by atoms with Crippen LogP contribution in [-0.2, 0) is 0 Å². The molecule has 4 aromatic rings. The molecule has 0 saturated carbocycles. The van der Waals surface area contributed by atoms with Crippen molar-refractivity contribution in [2.24, 2.45) is 0 Å². The Hall–Kier alpha value is -3.59. The average molecular weight is 381 g/mol. The van der Waals surface area contributed by atoms with Crippen LogP contribution in [0, 0.1) is 6.92 Å². The van der Waals surface area contributed by atoms with Gasteiger partial charge in [0.15, 0.2) is 11.6 Å². The first-order valence-corrected chi connectivity index (χ1v) is 8.31. The van der Waals surface area contributed by atoms with E-state index in [1.165, 1.54) is 29.6 Å². The van der Waals surface area contributed by atoms with Gasteiger partial charge in [-0.25, -0.2) is 14.6 Å². The Labute approximate surface area is 158 Å². The summed E-state index contributed by atoms with van der Waals surface area (Å²) in [6.45, 7) is 1.80. The normalized spacial score (nSPS) is 10.7. The van der Waals surface area contributed by atoms with Gasteiger partial charge in [0.2, 0.25) is 0 Å².